The highest BCUT2D eigenvalue weighted by Crippen LogP contribution is 2.26. The smallest absolute Gasteiger partial charge is 0.231 e. The van der Waals surface area contributed by atoms with Gasteiger partial charge in [0.2, 0.25) is 5.95 Å². The number of anilines is 4. The van der Waals surface area contributed by atoms with Gasteiger partial charge in [-0.25, -0.2) is 0 Å². The van der Waals surface area contributed by atoms with E-state index in [0.717, 1.165) is 49.3 Å². The van der Waals surface area contributed by atoms with Crippen LogP contribution in [-0.4, -0.2) is 68.7 Å². The molecule has 8 heteroatoms. The molecule has 2 aromatic rings. The lowest BCUT2D eigenvalue weighted by Crippen LogP contribution is -2.43. The number of aromatic nitrogens is 2. The summed E-state index contributed by atoms with van der Waals surface area (Å²) in [6, 6.07) is 9.83. The Morgan fingerprint density at radius 3 is 1.97 bits per heavy atom. The fourth-order valence-corrected chi connectivity index (χ4v) is 3.66. The monoisotopic (exact) mass is 399 g/mol. The molecule has 4 rings (SSSR count). The third kappa shape index (κ3) is 4.89. The fraction of sp³-hybridized carbons (Fsp3) is 0.524. The molecule has 2 aliphatic heterocycles. The number of rotatable bonds is 5. The van der Waals surface area contributed by atoms with E-state index in [1.807, 2.05) is 24.3 Å². The summed E-state index contributed by atoms with van der Waals surface area (Å²) in [4.78, 5) is 14.1. The first kappa shape index (κ1) is 19.7. The number of methoxy groups -OCH3 is 1. The van der Waals surface area contributed by atoms with Crippen LogP contribution in [0.2, 0.25) is 0 Å². The third-order valence-corrected chi connectivity index (χ3v) is 5.18. The van der Waals surface area contributed by atoms with Gasteiger partial charge in [-0.3, -0.25) is 0 Å². The highest BCUT2D eigenvalue weighted by Gasteiger charge is 2.23. The van der Waals surface area contributed by atoms with Crippen molar-refractivity contribution in [3.63, 3.8) is 0 Å². The Bertz CT molecular complexity index is 776. The van der Waals surface area contributed by atoms with Gasteiger partial charge in [0.15, 0.2) is 0 Å². The summed E-state index contributed by atoms with van der Waals surface area (Å²) in [5, 5.41) is 3.34. The molecule has 3 heterocycles. The zero-order chi connectivity index (χ0) is 20.2. The van der Waals surface area contributed by atoms with Crippen molar-refractivity contribution in [1.29, 1.82) is 0 Å². The molecule has 0 amide bonds. The largest absolute Gasteiger partial charge is 0.497 e. The Morgan fingerprint density at radius 1 is 0.931 bits per heavy atom. The molecule has 0 spiro atoms. The van der Waals surface area contributed by atoms with E-state index in [1.165, 1.54) is 0 Å². The van der Waals surface area contributed by atoms with Gasteiger partial charge in [0.1, 0.15) is 17.4 Å². The third-order valence-electron chi connectivity index (χ3n) is 5.18. The summed E-state index contributed by atoms with van der Waals surface area (Å²) >= 11 is 0. The highest BCUT2D eigenvalue weighted by molar-refractivity contribution is 5.61. The minimum Gasteiger partial charge on any atom is -0.497 e. The normalized spacial score (nSPS) is 22.4. The van der Waals surface area contributed by atoms with Crippen LogP contribution in [0.25, 0.3) is 0 Å². The van der Waals surface area contributed by atoms with Gasteiger partial charge in [0.25, 0.3) is 0 Å². The predicted molar refractivity (Wildman–Crippen MR) is 114 cm³/mol. The minimum absolute atomic E-state index is 0.184. The zero-order valence-electron chi connectivity index (χ0n) is 17.3. The molecule has 156 valence electrons. The standard InChI is InChI=1S/C21H29N5O3/c1-15-13-25(8-10-28-15)19-12-20(26-9-11-29-16(2)14-26)24-21(23-19)22-17-4-6-18(27-3)7-5-17/h4-7,12,15-16H,8-11,13-14H2,1-3H3,(H,22,23,24)/t15-,16+. The summed E-state index contributed by atoms with van der Waals surface area (Å²) in [5.41, 5.74) is 0.916. The molecule has 0 radical (unpaired) electrons. The molecule has 0 saturated carbocycles. The van der Waals surface area contributed by atoms with Crippen molar-refractivity contribution in [3.05, 3.63) is 30.3 Å². The van der Waals surface area contributed by atoms with Crippen molar-refractivity contribution in [3.8, 4) is 5.75 Å². The maximum atomic E-state index is 5.70. The number of nitrogens with one attached hydrogen (secondary N) is 1. The number of benzene rings is 1. The number of hydrogen-bond acceptors (Lipinski definition) is 8. The van der Waals surface area contributed by atoms with Crippen LogP contribution in [0, 0.1) is 0 Å². The first-order valence-corrected chi connectivity index (χ1v) is 10.1. The number of morpholine rings is 2. The lowest BCUT2D eigenvalue weighted by molar-refractivity contribution is 0.0526. The summed E-state index contributed by atoms with van der Waals surface area (Å²) in [7, 11) is 1.66. The lowest BCUT2D eigenvalue weighted by atomic mass is 10.2. The van der Waals surface area contributed by atoms with Gasteiger partial charge >= 0.3 is 0 Å². The highest BCUT2D eigenvalue weighted by atomic mass is 16.5. The first-order chi connectivity index (χ1) is 14.1. The topological polar surface area (TPSA) is 72.0 Å². The lowest BCUT2D eigenvalue weighted by Gasteiger charge is -2.35. The van der Waals surface area contributed by atoms with Crippen LogP contribution in [0.5, 0.6) is 5.75 Å². The van der Waals surface area contributed by atoms with Crippen LogP contribution in [0.4, 0.5) is 23.3 Å². The maximum Gasteiger partial charge on any atom is 0.231 e. The van der Waals surface area contributed by atoms with Crippen molar-refractivity contribution in [2.75, 3.05) is 61.6 Å². The summed E-state index contributed by atoms with van der Waals surface area (Å²) < 4.78 is 16.6. The van der Waals surface area contributed by atoms with Crippen molar-refractivity contribution >= 4 is 23.3 Å². The van der Waals surface area contributed by atoms with Gasteiger partial charge in [-0.2, -0.15) is 9.97 Å². The van der Waals surface area contributed by atoms with Crippen molar-refractivity contribution in [2.24, 2.45) is 0 Å². The van der Waals surface area contributed by atoms with E-state index in [2.05, 4.69) is 35.0 Å². The summed E-state index contributed by atoms with van der Waals surface area (Å²) in [6.07, 6.45) is 0.368. The van der Waals surface area contributed by atoms with Gasteiger partial charge in [0, 0.05) is 37.9 Å². The Balaban J connectivity index is 1.63. The predicted octanol–water partition coefficient (Wildman–Crippen LogP) is 2.68. The van der Waals surface area contributed by atoms with E-state index in [0.29, 0.717) is 19.2 Å². The summed E-state index contributed by atoms with van der Waals surface area (Å²) in [5.74, 6) is 3.23. The van der Waals surface area contributed by atoms with Crippen LogP contribution in [0.1, 0.15) is 13.8 Å². The Labute approximate surface area is 171 Å². The fourth-order valence-electron chi connectivity index (χ4n) is 3.66. The van der Waals surface area contributed by atoms with E-state index < -0.39 is 0 Å². The van der Waals surface area contributed by atoms with Crippen molar-refractivity contribution in [1.82, 2.24) is 9.97 Å². The molecule has 1 aromatic heterocycles. The Morgan fingerprint density at radius 2 is 1.48 bits per heavy atom. The van der Waals surface area contributed by atoms with Gasteiger partial charge in [0.05, 0.1) is 32.5 Å². The second-order valence-corrected chi connectivity index (χ2v) is 7.52. The molecule has 0 aliphatic carbocycles. The molecule has 1 N–H and O–H groups in total. The second-order valence-electron chi connectivity index (χ2n) is 7.52. The summed E-state index contributed by atoms with van der Waals surface area (Å²) in [6.45, 7) is 8.87. The van der Waals surface area contributed by atoms with Crippen LogP contribution in [0.3, 0.4) is 0 Å². The van der Waals surface area contributed by atoms with Crippen molar-refractivity contribution in [2.45, 2.75) is 26.1 Å². The minimum atomic E-state index is 0.184. The van der Waals surface area contributed by atoms with Crippen LogP contribution in [-0.2, 0) is 9.47 Å². The van der Waals surface area contributed by atoms with Crippen LogP contribution in [0.15, 0.2) is 30.3 Å². The molecule has 29 heavy (non-hydrogen) atoms. The molecule has 0 unspecified atom stereocenters. The van der Waals surface area contributed by atoms with E-state index in [9.17, 15) is 0 Å². The van der Waals surface area contributed by atoms with E-state index in [1.54, 1.807) is 7.11 Å². The molecule has 2 aliphatic rings. The number of ether oxygens (including phenoxy) is 3. The maximum absolute atomic E-state index is 5.70. The number of nitrogens with zero attached hydrogens (tertiary/aromatic N) is 4. The Hall–Kier alpha value is -2.58. The van der Waals surface area contributed by atoms with Crippen molar-refractivity contribution < 1.29 is 14.2 Å². The molecule has 8 nitrogen and oxygen atoms in total. The molecule has 0 bridgehead atoms. The zero-order valence-corrected chi connectivity index (χ0v) is 17.3. The van der Waals surface area contributed by atoms with E-state index >= 15 is 0 Å². The van der Waals surface area contributed by atoms with Gasteiger partial charge in [-0.1, -0.05) is 0 Å². The molecule has 2 saturated heterocycles. The van der Waals surface area contributed by atoms with E-state index in [-0.39, 0.29) is 12.2 Å². The number of hydrogen-bond donors (Lipinski definition) is 1. The molecular weight excluding hydrogens is 370 g/mol. The van der Waals surface area contributed by atoms with Crippen LogP contribution >= 0.6 is 0 Å². The SMILES string of the molecule is COc1ccc(Nc2nc(N3CCO[C@H](C)C3)cc(N3CCO[C@@H](C)C3)n2)cc1. The first-order valence-electron chi connectivity index (χ1n) is 10.1. The van der Waals surface area contributed by atoms with Gasteiger partial charge < -0.3 is 29.3 Å². The quantitative estimate of drug-likeness (QED) is 0.823. The Kier molecular flexibility index (Phi) is 6.01. The molecule has 2 fully saturated rings. The van der Waals surface area contributed by atoms with E-state index in [4.69, 9.17) is 24.2 Å². The van der Waals surface area contributed by atoms with Crippen LogP contribution < -0.4 is 19.9 Å². The molecular formula is C21H29N5O3. The average Bonchev–Trinajstić information content (AvgIpc) is 2.74. The molecule has 2 atom stereocenters. The second kappa shape index (κ2) is 8.84. The molecule has 1 aromatic carbocycles. The average molecular weight is 399 g/mol. The van der Waals surface area contributed by atoms with Gasteiger partial charge in [-0.05, 0) is 38.1 Å². The van der Waals surface area contributed by atoms with Gasteiger partial charge in [-0.15, -0.1) is 0 Å².